The molecule has 0 radical (unpaired) electrons. The fourth-order valence-corrected chi connectivity index (χ4v) is 6.30. The molecule has 2 aliphatic rings. The highest BCUT2D eigenvalue weighted by Crippen LogP contribution is 2.47. The zero-order valence-electron chi connectivity index (χ0n) is 19.9. The molecular formula is C30H35NO2S. The van der Waals surface area contributed by atoms with Gasteiger partial charge in [0.25, 0.3) is 0 Å². The van der Waals surface area contributed by atoms with Crippen molar-refractivity contribution in [1.82, 2.24) is 4.90 Å². The van der Waals surface area contributed by atoms with E-state index in [0.29, 0.717) is 6.61 Å². The van der Waals surface area contributed by atoms with Gasteiger partial charge in [0, 0.05) is 22.3 Å². The molecule has 0 spiro atoms. The molecule has 178 valence electrons. The smallest absolute Gasteiger partial charge is 0.123 e. The molecule has 1 unspecified atom stereocenters. The zero-order valence-corrected chi connectivity index (χ0v) is 20.7. The quantitative estimate of drug-likeness (QED) is 0.266. The number of likely N-dealkylation sites (tertiary alicyclic amines) is 1. The van der Waals surface area contributed by atoms with Crippen LogP contribution in [0.5, 0.6) is 11.5 Å². The van der Waals surface area contributed by atoms with Crippen molar-refractivity contribution in [1.29, 1.82) is 0 Å². The molecule has 0 aromatic heterocycles. The van der Waals surface area contributed by atoms with E-state index in [9.17, 15) is 5.11 Å². The summed E-state index contributed by atoms with van der Waals surface area (Å²) in [7, 11) is 0. The Labute approximate surface area is 208 Å². The van der Waals surface area contributed by atoms with Crippen molar-refractivity contribution >= 4 is 11.8 Å². The molecule has 2 atom stereocenters. The van der Waals surface area contributed by atoms with Gasteiger partial charge in [-0.25, -0.2) is 0 Å². The van der Waals surface area contributed by atoms with Crippen molar-refractivity contribution in [3.63, 3.8) is 0 Å². The van der Waals surface area contributed by atoms with Crippen LogP contribution in [0.3, 0.4) is 0 Å². The van der Waals surface area contributed by atoms with Gasteiger partial charge in [0.15, 0.2) is 0 Å². The molecule has 4 heteroatoms. The van der Waals surface area contributed by atoms with Crippen molar-refractivity contribution < 1.29 is 9.84 Å². The number of aromatic hydroxyl groups is 1. The van der Waals surface area contributed by atoms with Gasteiger partial charge in [-0.1, -0.05) is 48.9 Å². The van der Waals surface area contributed by atoms with E-state index in [2.05, 4.69) is 59.5 Å². The largest absolute Gasteiger partial charge is 0.508 e. The Bertz CT molecular complexity index is 1050. The summed E-state index contributed by atoms with van der Waals surface area (Å²) in [6.07, 6.45) is 6.71. The van der Waals surface area contributed by atoms with Gasteiger partial charge in [-0.05, 0) is 92.5 Å². The van der Waals surface area contributed by atoms with Crippen LogP contribution in [0.1, 0.15) is 60.6 Å². The van der Waals surface area contributed by atoms with E-state index in [1.54, 1.807) is 6.07 Å². The first-order valence-corrected chi connectivity index (χ1v) is 13.7. The van der Waals surface area contributed by atoms with E-state index in [-0.39, 0.29) is 17.6 Å². The van der Waals surface area contributed by atoms with Crippen LogP contribution >= 0.6 is 11.8 Å². The van der Waals surface area contributed by atoms with Gasteiger partial charge in [0.1, 0.15) is 11.5 Å². The molecule has 0 saturated carbocycles. The number of phenolic OH excluding ortho intramolecular Hbond substituents is 1. The number of hydrogen-bond donors (Lipinski definition) is 1. The number of benzene rings is 3. The zero-order chi connectivity index (χ0) is 23.2. The standard InChI is InChI=1S/C30H35NO2S/c32-25-13-16-29-27(21-25)30(28(22-33-29)23-9-3-1-4-10-23)24-11-14-26(15-12-24)34-20-8-2-5-17-31-18-6-7-19-31/h1,3-4,9-16,21,28,30,32H,2,5-8,17-20,22H2/t28-,30?/m1/s1. The van der Waals surface area contributed by atoms with Gasteiger partial charge in [-0.2, -0.15) is 0 Å². The number of ether oxygens (including phenoxy) is 1. The van der Waals surface area contributed by atoms with Crippen LogP contribution in [0.2, 0.25) is 0 Å². The molecule has 2 aliphatic heterocycles. The third-order valence-electron chi connectivity index (χ3n) is 7.20. The van der Waals surface area contributed by atoms with E-state index in [1.165, 1.54) is 73.5 Å². The molecule has 3 aromatic carbocycles. The third-order valence-corrected chi connectivity index (χ3v) is 8.30. The van der Waals surface area contributed by atoms with Crippen LogP contribution in [-0.4, -0.2) is 42.0 Å². The van der Waals surface area contributed by atoms with Gasteiger partial charge in [0.05, 0.1) is 6.61 Å². The van der Waals surface area contributed by atoms with Crippen LogP contribution in [0.25, 0.3) is 0 Å². The van der Waals surface area contributed by atoms with E-state index >= 15 is 0 Å². The minimum atomic E-state index is 0.155. The second kappa shape index (κ2) is 11.3. The van der Waals surface area contributed by atoms with E-state index in [0.717, 1.165) is 11.3 Å². The maximum absolute atomic E-state index is 10.2. The SMILES string of the molecule is Oc1ccc2c(c1)C(c1ccc(SCCCCCN3CCCC3)cc1)[C@@H](c1ccccc1)CO2. The Morgan fingerprint density at radius 3 is 2.44 bits per heavy atom. The number of rotatable bonds is 9. The summed E-state index contributed by atoms with van der Waals surface area (Å²) in [5.74, 6) is 2.72. The van der Waals surface area contributed by atoms with Gasteiger partial charge in [0.2, 0.25) is 0 Å². The fraction of sp³-hybridized carbons (Fsp3) is 0.400. The van der Waals surface area contributed by atoms with E-state index in [4.69, 9.17) is 4.74 Å². The first kappa shape index (κ1) is 23.3. The topological polar surface area (TPSA) is 32.7 Å². The van der Waals surface area contributed by atoms with E-state index in [1.807, 2.05) is 23.9 Å². The Morgan fingerprint density at radius 1 is 0.853 bits per heavy atom. The number of phenols is 1. The summed E-state index contributed by atoms with van der Waals surface area (Å²) in [6, 6.07) is 25.2. The lowest BCUT2D eigenvalue weighted by molar-refractivity contribution is 0.248. The van der Waals surface area contributed by atoms with Crippen molar-refractivity contribution in [2.24, 2.45) is 0 Å². The molecule has 3 aromatic rings. The number of unbranched alkanes of at least 4 members (excludes halogenated alkanes) is 2. The fourth-order valence-electron chi connectivity index (χ4n) is 5.39. The summed E-state index contributed by atoms with van der Waals surface area (Å²) in [5.41, 5.74) is 3.62. The van der Waals surface area contributed by atoms with Crippen LogP contribution in [0, 0.1) is 0 Å². The van der Waals surface area contributed by atoms with Crippen LogP contribution in [0.4, 0.5) is 0 Å². The maximum atomic E-state index is 10.2. The second-order valence-electron chi connectivity index (χ2n) is 9.55. The molecule has 5 rings (SSSR count). The number of hydrogen-bond acceptors (Lipinski definition) is 4. The Morgan fingerprint density at radius 2 is 1.65 bits per heavy atom. The second-order valence-corrected chi connectivity index (χ2v) is 10.7. The molecule has 2 heterocycles. The van der Waals surface area contributed by atoms with Crippen molar-refractivity contribution in [3.05, 3.63) is 89.5 Å². The van der Waals surface area contributed by atoms with Crippen molar-refractivity contribution in [3.8, 4) is 11.5 Å². The van der Waals surface area contributed by atoms with Crippen molar-refractivity contribution in [2.75, 3.05) is 32.0 Å². The predicted octanol–water partition coefficient (Wildman–Crippen LogP) is 7.06. The average molecular weight is 474 g/mol. The van der Waals surface area contributed by atoms with Crippen LogP contribution in [-0.2, 0) is 0 Å². The molecular weight excluding hydrogens is 438 g/mol. The molecule has 0 bridgehead atoms. The highest BCUT2D eigenvalue weighted by atomic mass is 32.2. The summed E-state index contributed by atoms with van der Waals surface area (Å²) >= 11 is 1.97. The van der Waals surface area contributed by atoms with Gasteiger partial charge >= 0.3 is 0 Å². The van der Waals surface area contributed by atoms with E-state index < -0.39 is 0 Å². The van der Waals surface area contributed by atoms with Gasteiger partial charge in [-0.15, -0.1) is 11.8 Å². The molecule has 0 amide bonds. The summed E-state index contributed by atoms with van der Waals surface area (Å²) in [6.45, 7) is 4.54. The van der Waals surface area contributed by atoms with Crippen molar-refractivity contribution in [2.45, 2.75) is 48.8 Å². The molecule has 0 aliphatic carbocycles. The maximum Gasteiger partial charge on any atom is 0.123 e. The summed E-state index contributed by atoms with van der Waals surface area (Å²) < 4.78 is 6.12. The molecule has 34 heavy (non-hydrogen) atoms. The first-order valence-electron chi connectivity index (χ1n) is 12.7. The minimum Gasteiger partial charge on any atom is -0.508 e. The Kier molecular flexibility index (Phi) is 7.77. The van der Waals surface area contributed by atoms with Gasteiger partial charge < -0.3 is 14.7 Å². The number of fused-ring (bicyclic) bond motifs is 1. The Balaban J connectivity index is 1.24. The van der Waals surface area contributed by atoms with Crippen LogP contribution < -0.4 is 4.74 Å². The first-order chi connectivity index (χ1) is 16.8. The van der Waals surface area contributed by atoms with Gasteiger partial charge in [-0.3, -0.25) is 0 Å². The lowest BCUT2D eigenvalue weighted by atomic mass is 9.76. The van der Waals surface area contributed by atoms with Crippen LogP contribution in [0.15, 0.2) is 77.7 Å². The minimum absolute atomic E-state index is 0.155. The normalized spacial score (nSPS) is 20.1. The summed E-state index contributed by atoms with van der Waals surface area (Å²) in [4.78, 5) is 3.95. The predicted molar refractivity (Wildman–Crippen MR) is 141 cm³/mol. The molecule has 1 saturated heterocycles. The number of thioether (sulfide) groups is 1. The molecule has 1 fully saturated rings. The average Bonchev–Trinajstić information content (AvgIpc) is 3.40. The molecule has 3 nitrogen and oxygen atoms in total. The third kappa shape index (κ3) is 5.61. The highest BCUT2D eigenvalue weighted by molar-refractivity contribution is 7.99. The lowest BCUT2D eigenvalue weighted by Crippen LogP contribution is -2.25. The highest BCUT2D eigenvalue weighted by Gasteiger charge is 2.33. The number of nitrogens with zero attached hydrogens (tertiary/aromatic N) is 1. The monoisotopic (exact) mass is 473 g/mol. The summed E-state index contributed by atoms with van der Waals surface area (Å²) in [5, 5.41) is 10.2. The Hall–Kier alpha value is -2.43. The molecule has 1 N–H and O–H groups in total. The lowest BCUT2D eigenvalue weighted by Gasteiger charge is -2.34.